The van der Waals surface area contributed by atoms with Crippen molar-refractivity contribution >= 4 is 46.6 Å². The summed E-state index contributed by atoms with van der Waals surface area (Å²) < 4.78 is 5.34. The average Bonchev–Trinajstić information content (AvgIpc) is 2.76. The number of anilines is 2. The zero-order chi connectivity index (χ0) is 22.4. The van der Waals surface area contributed by atoms with Crippen LogP contribution in [0.15, 0.2) is 41.3 Å². The Balaban J connectivity index is 1.62. The van der Waals surface area contributed by atoms with E-state index in [0.29, 0.717) is 16.5 Å². The molecule has 31 heavy (non-hydrogen) atoms. The first-order valence-corrected chi connectivity index (χ1v) is 11.9. The molecular weight excluding hydrogens is 432 g/mol. The average molecular weight is 461 g/mol. The van der Waals surface area contributed by atoms with E-state index in [1.54, 1.807) is 19.2 Å². The van der Waals surface area contributed by atoms with Crippen molar-refractivity contribution < 1.29 is 14.3 Å². The molecule has 3 rings (SSSR count). The summed E-state index contributed by atoms with van der Waals surface area (Å²) in [5.41, 5.74) is 2.22. The maximum absolute atomic E-state index is 12.8. The number of halogens is 1. The summed E-state index contributed by atoms with van der Waals surface area (Å²) in [6.07, 6.45) is 5.39. The Bertz CT molecular complexity index is 944. The second-order valence-corrected chi connectivity index (χ2v) is 9.72. The van der Waals surface area contributed by atoms with Crippen LogP contribution < -0.4 is 15.4 Å². The van der Waals surface area contributed by atoms with E-state index in [-0.39, 0.29) is 23.0 Å². The number of hydrogen-bond acceptors (Lipinski definition) is 4. The van der Waals surface area contributed by atoms with E-state index in [1.807, 2.05) is 38.1 Å². The summed E-state index contributed by atoms with van der Waals surface area (Å²) in [7, 11) is 1.54. The van der Waals surface area contributed by atoms with E-state index >= 15 is 0 Å². The molecule has 1 atom stereocenters. The minimum absolute atomic E-state index is 0.0952. The summed E-state index contributed by atoms with van der Waals surface area (Å²) in [6, 6.07) is 11.1. The maximum atomic E-state index is 12.8. The summed E-state index contributed by atoms with van der Waals surface area (Å²) in [4.78, 5) is 26.2. The van der Waals surface area contributed by atoms with E-state index in [1.165, 1.54) is 18.2 Å². The molecule has 2 N–H and O–H groups in total. The molecule has 1 aliphatic carbocycles. The van der Waals surface area contributed by atoms with Gasteiger partial charge in [-0.15, -0.1) is 11.8 Å². The Labute approximate surface area is 193 Å². The maximum Gasteiger partial charge on any atom is 0.237 e. The molecule has 2 aromatic carbocycles. The molecule has 0 spiro atoms. The molecule has 0 bridgehead atoms. The van der Waals surface area contributed by atoms with Crippen molar-refractivity contribution in [3.63, 3.8) is 0 Å². The van der Waals surface area contributed by atoms with Crippen LogP contribution in [-0.4, -0.2) is 24.2 Å². The predicted octanol–water partition coefficient (Wildman–Crippen LogP) is 6.30. The standard InChI is InChI=1S/C24H29ClN2O3S/c1-15-12-21(22(30-3)14-20(15)25)27-23(28)16(2)31-19-11-7-10-18(13-19)26-24(29)17-8-5-4-6-9-17/h7,10-14,16-17H,4-6,8-9H2,1-3H3,(H,26,29)(H,27,28). The summed E-state index contributed by atoms with van der Waals surface area (Å²) >= 11 is 7.58. The van der Waals surface area contributed by atoms with Gasteiger partial charge in [0.2, 0.25) is 11.8 Å². The third kappa shape index (κ3) is 6.40. The Kier molecular flexibility index (Phi) is 8.27. The second-order valence-electron chi connectivity index (χ2n) is 7.90. The van der Waals surface area contributed by atoms with Crippen molar-refractivity contribution in [2.75, 3.05) is 17.7 Å². The lowest BCUT2D eigenvalue weighted by atomic mass is 9.88. The number of hydrogen-bond donors (Lipinski definition) is 2. The number of nitrogens with one attached hydrogen (secondary N) is 2. The molecule has 1 aliphatic rings. The molecule has 1 fully saturated rings. The third-order valence-electron chi connectivity index (χ3n) is 5.50. The molecule has 1 saturated carbocycles. The van der Waals surface area contributed by atoms with E-state index in [2.05, 4.69) is 10.6 Å². The van der Waals surface area contributed by atoms with Crippen molar-refractivity contribution in [3.05, 3.63) is 47.0 Å². The van der Waals surface area contributed by atoms with Crippen molar-refractivity contribution in [2.24, 2.45) is 5.92 Å². The predicted molar refractivity (Wildman–Crippen MR) is 128 cm³/mol. The normalized spacial score (nSPS) is 15.2. The SMILES string of the molecule is COc1cc(Cl)c(C)cc1NC(=O)C(C)Sc1cccc(NC(=O)C2CCCCC2)c1. The highest BCUT2D eigenvalue weighted by molar-refractivity contribution is 8.00. The van der Waals surface area contributed by atoms with Crippen molar-refractivity contribution in [2.45, 2.75) is 56.1 Å². The molecule has 0 heterocycles. The van der Waals surface area contributed by atoms with Crippen LogP contribution in [0.4, 0.5) is 11.4 Å². The van der Waals surface area contributed by atoms with Gasteiger partial charge in [-0.25, -0.2) is 0 Å². The summed E-state index contributed by atoms with van der Waals surface area (Å²) in [5.74, 6) is 0.584. The molecular formula is C24H29ClN2O3S. The van der Waals surface area contributed by atoms with Crippen LogP contribution >= 0.6 is 23.4 Å². The summed E-state index contributed by atoms with van der Waals surface area (Å²) in [5, 5.41) is 6.21. The van der Waals surface area contributed by atoms with Crippen LogP contribution in [0.5, 0.6) is 5.75 Å². The third-order valence-corrected chi connectivity index (χ3v) is 7.00. The Morgan fingerprint density at radius 1 is 1.13 bits per heavy atom. The van der Waals surface area contributed by atoms with Gasteiger partial charge in [-0.2, -0.15) is 0 Å². The number of methoxy groups -OCH3 is 1. The molecule has 5 nitrogen and oxygen atoms in total. The fourth-order valence-electron chi connectivity index (χ4n) is 3.68. The van der Waals surface area contributed by atoms with E-state index < -0.39 is 0 Å². The van der Waals surface area contributed by atoms with Crippen molar-refractivity contribution in [1.82, 2.24) is 0 Å². The number of carbonyl (C=O) groups is 2. The smallest absolute Gasteiger partial charge is 0.237 e. The minimum Gasteiger partial charge on any atom is -0.495 e. The molecule has 166 valence electrons. The van der Waals surface area contributed by atoms with Gasteiger partial charge in [-0.1, -0.05) is 36.9 Å². The largest absolute Gasteiger partial charge is 0.495 e. The number of thioether (sulfide) groups is 1. The van der Waals surface area contributed by atoms with Crippen LogP contribution in [0.3, 0.4) is 0 Å². The van der Waals surface area contributed by atoms with E-state index in [9.17, 15) is 9.59 Å². The highest BCUT2D eigenvalue weighted by Crippen LogP contribution is 2.33. The Hall–Kier alpha value is -2.18. The molecule has 2 amide bonds. The molecule has 0 radical (unpaired) electrons. The number of rotatable bonds is 7. The second kappa shape index (κ2) is 10.9. The fraction of sp³-hybridized carbons (Fsp3) is 0.417. The Morgan fingerprint density at radius 3 is 2.58 bits per heavy atom. The van der Waals surface area contributed by atoms with Gasteiger partial charge < -0.3 is 15.4 Å². The Morgan fingerprint density at radius 2 is 1.87 bits per heavy atom. The number of benzene rings is 2. The van der Waals surface area contributed by atoms with Gasteiger partial charge in [0.25, 0.3) is 0 Å². The fourth-order valence-corrected chi connectivity index (χ4v) is 4.76. The van der Waals surface area contributed by atoms with Gasteiger partial charge in [-0.3, -0.25) is 9.59 Å². The van der Waals surface area contributed by atoms with Gasteiger partial charge in [0.15, 0.2) is 0 Å². The van der Waals surface area contributed by atoms with Crippen LogP contribution in [0, 0.1) is 12.8 Å². The lowest BCUT2D eigenvalue weighted by molar-refractivity contribution is -0.120. The van der Waals surface area contributed by atoms with Crippen molar-refractivity contribution in [3.8, 4) is 5.75 Å². The first kappa shape index (κ1) is 23.5. The quantitative estimate of drug-likeness (QED) is 0.476. The zero-order valence-corrected chi connectivity index (χ0v) is 19.7. The molecule has 2 aromatic rings. The van der Waals surface area contributed by atoms with Gasteiger partial charge in [0, 0.05) is 27.6 Å². The number of amides is 2. The summed E-state index contributed by atoms with van der Waals surface area (Å²) in [6.45, 7) is 3.73. The molecule has 1 unspecified atom stereocenters. The van der Waals surface area contributed by atoms with Gasteiger partial charge in [0.05, 0.1) is 18.0 Å². The molecule has 0 saturated heterocycles. The number of aryl methyl sites for hydroxylation is 1. The first-order chi connectivity index (χ1) is 14.9. The minimum atomic E-state index is -0.343. The number of carbonyl (C=O) groups excluding carboxylic acids is 2. The van der Waals surface area contributed by atoms with E-state index in [0.717, 1.165) is 41.8 Å². The van der Waals surface area contributed by atoms with Crippen LogP contribution in [-0.2, 0) is 9.59 Å². The lowest BCUT2D eigenvalue weighted by Crippen LogP contribution is -2.24. The molecule has 0 aromatic heterocycles. The lowest BCUT2D eigenvalue weighted by Gasteiger charge is -2.21. The molecule has 0 aliphatic heterocycles. The van der Waals surface area contributed by atoms with E-state index in [4.69, 9.17) is 16.3 Å². The first-order valence-electron chi connectivity index (χ1n) is 10.6. The van der Waals surface area contributed by atoms with Crippen LogP contribution in [0.25, 0.3) is 0 Å². The highest BCUT2D eigenvalue weighted by Gasteiger charge is 2.21. The highest BCUT2D eigenvalue weighted by atomic mass is 35.5. The monoisotopic (exact) mass is 460 g/mol. The zero-order valence-electron chi connectivity index (χ0n) is 18.2. The van der Waals surface area contributed by atoms with Gasteiger partial charge in [0.1, 0.15) is 5.75 Å². The molecule has 7 heteroatoms. The topological polar surface area (TPSA) is 67.4 Å². The van der Waals surface area contributed by atoms with Crippen LogP contribution in [0.1, 0.15) is 44.6 Å². The van der Waals surface area contributed by atoms with Crippen molar-refractivity contribution in [1.29, 1.82) is 0 Å². The van der Waals surface area contributed by atoms with Crippen LogP contribution in [0.2, 0.25) is 5.02 Å². The van der Waals surface area contributed by atoms with Gasteiger partial charge >= 0.3 is 0 Å². The number of ether oxygens (including phenoxy) is 1. The van der Waals surface area contributed by atoms with Gasteiger partial charge in [-0.05, 0) is 56.5 Å².